The summed E-state index contributed by atoms with van der Waals surface area (Å²) in [7, 11) is -1.51. The van der Waals surface area contributed by atoms with Crippen molar-refractivity contribution in [3.05, 3.63) is 91.1 Å². The van der Waals surface area contributed by atoms with E-state index in [-0.39, 0.29) is 0 Å². The van der Waals surface area contributed by atoms with Gasteiger partial charge in [0.25, 0.3) is 0 Å². The lowest BCUT2D eigenvalue weighted by Gasteiger charge is -2.35. The molecule has 0 saturated carbocycles. The van der Waals surface area contributed by atoms with Gasteiger partial charge in [-0.1, -0.05) is 85.5 Å². The molecule has 0 amide bonds. The van der Waals surface area contributed by atoms with Crippen LogP contribution in [0.15, 0.2) is 91.1 Å². The molecule has 0 radical (unpaired) electrons. The van der Waals surface area contributed by atoms with E-state index in [2.05, 4.69) is 109 Å². The molecule has 2 heterocycles. The standard InChI is InChI=1S/C28H24N2Si/c1-31(2,3)22-17-20-15-16-29-27-24-14-13-19-9-7-8-12-23(19)28(24)30(25(18-22)26(20)27)21-10-5-4-6-11-21/h4-18H,1-3H3. The van der Waals surface area contributed by atoms with Gasteiger partial charge in [-0.05, 0) is 35.0 Å². The van der Waals surface area contributed by atoms with Crippen LogP contribution >= 0.6 is 0 Å². The molecule has 5 aromatic rings. The van der Waals surface area contributed by atoms with Crippen LogP contribution in [0, 0.1) is 0 Å². The molecule has 4 aromatic carbocycles. The van der Waals surface area contributed by atoms with Crippen LogP contribution in [0.1, 0.15) is 0 Å². The fraction of sp³-hybridized carbons (Fsp3) is 0.107. The summed E-state index contributed by atoms with van der Waals surface area (Å²) in [5.41, 5.74) is 5.94. The van der Waals surface area contributed by atoms with E-state index in [1.807, 2.05) is 6.20 Å². The molecule has 0 spiro atoms. The van der Waals surface area contributed by atoms with Gasteiger partial charge in [0.15, 0.2) is 0 Å². The SMILES string of the molecule is C[Si](C)(C)c1cc2c3c(nccc3c1)-c1ccc3ccccc3c1N2c1ccccc1. The van der Waals surface area contributed by atoms with Crippen LogP contribution in [0.3, 0.4) is 0 Å². The fourth-order valence-electron chi connectivity index (χ4n) is 4.76. The molecule has 0 atom stereocenters. The van der Waals surface area contributed by atoms with Gasteiger partial charge < -0.3 is 4.90 Å². The quantitative estimate of drug-likeness (QED) is 0.274. The van der Waals surface area contributed by atoms with Crippen molar-refractivity contribution < 1.29 is 0 Å². The summed E-state index contributed by atoms with van der Waals surface area (Å²) in [6, 6.07) is 30.9. The van der Waals surface area contributed by atoms with E-state index in [1.54, 1.807) is 0 Å². The number of aromatic nitrogens is 1. The maximum Gasteiger partial charge on any atom is 0.0822 e. The molecule has 6 rings (SSSR count). The van der Waals surface area contributed by atoms with Gasteiger partial charge >= 0.3 is 0 Å². The second-order valence-electron chi connectivity index (χ2n) is 9.36. The Labute approximate surface area is 183 Å². The average molecular weight is 417 g/mol. The first kappa shape index (κ1) is 18.3. The minimum absolute atomic E-state index is 1.09. The Hall–Kier alpha value is -3.43. The van der Waals surface area contributed by atoms with Gasteiger partial charge in [-0.2, -0.15) is 0 Å². The molecule has 1 aliphatic rings. The molecule has 0 N–H and O–H groups in total. The van der Waals surface area contributed by atoms with Crippen molar-refractivity contribution in [2.75, 3.05) is 4.90 Å². The molecule has 2 nitrogen and oxygen atoms in total. The van der Waals surface area contributed by atoms with Gasteiger partial charge in [0.1, 0.15) is 0 Å². The Kier molecular flexibility index (Phi) is 3.86. The lowest BCUT2D eigenvalue weighted by molar-refractivity contribution is 1.26. The Balaban J connectivity index is 1.82. The summed E-state index contributed by atoms with van der Waals surface area (Å²) >= 11 is 0. The number of anilines is 3. The number of rotatable bonds is 2. The third kappa shape index (κ3) is 2.74. The van der Waals surface area contributed by atoms with E-state index in [4.69, 9.17) is 4.98 Å². The highest BCUT2D eigenvalue weighted by atomic mass is 28.3. The molecule has 0 unspecified atom stereocenters. The second-order valence-corrected chi connectivity index (χ2v) is 14.4. The minimum Gasteiger partial charge on any atom is -0.308 e. The molecule has 31 heavy (non-hydrogen) atoms. The summed E-state index contributed by atoms with van der Waals surface area (Å²) in [5.74, 6) is 0. The highest BCUT2D eigenvalue weighted by Crippen LogP contribution is 2.52. The van der Waals surface area contributed by atoms with E-state index in [9.17, 15) is 0 Å². The smallest absolute Gasteiger partial charge is 0.0822 e. The van der Waals surface area contributed by atoms with Gasteiger partial charge in [-0.15, -0.1) is 0 Å². The summed E-state index contributed by atoms with van der Waals surface area (Å²) in [5, 5.41) is 6.50. The number of hydrogen-bond donors (Lipinski definition) is 0. The summed E-state index contributed by atoms with van der Waals surface area (Å²) in [6.07, 6.45) is 1.96. The van der Waals surface area contributed by atoms with Crippen LogP contribution in [0.2, 0.25) is 19.6 Å². The van der Waals surface area contributed by atoms with Crippen molar-refractivity contribution in [1.29, 1.82) is 0 Å². The zero-order chi connectivity index (χ0) is 21.2. The molecule has 3 heteroatoms. The van der Waals surface area contributed by atoms with Crippen molar-refractivity contribution in [3.8, 4) is 11.3 Å². The summed E-state index contributed by atoms with van der Waals surface area (Å²) in [6.45, 7) is 7.26. The van der Waals surface area contributed by atoms with Gasteiger partial charge in [0.05, 0.1) is 25.1 Å². The van der Waals surface area contributed by atoms with Crippen LogP contribution in [-0.2, 0) is 0 Å². The molecular formula is C28H24N2Si. The zero-order valence-electron chi connectivity index (χ0n) is 18.1. The third-order valence-corrected chi connectivity index (χ3v) is 8.36. The molecular weight excluding hydrogens is 392 g/mol. The van der Waals surface area contributed by atoms with E-state index in [0.29, 0.717) is 0 Å². The topological polar surface area (TPSA) is 16.1 Å². The highest BCUT2D eigenvalue weighted by molar-refractivity contribution is 6.89. The van der Waals surface area contributed by atoms with Gasteiger partial charge in [-0.3, -0.25) is 4.98 Å². The Bertz CT molecular complexity index is 1470. The second kappa shape index (κ2) is 6.53. The minimum atomic E-state index is -1.51. The predicted octanol–water partition coefficient (Wildman–Crippen LogP) is 7.38. The number of hydrogen-bond acceptors (Lipinski definition) is 2. The van der Waals surface area contributed by atoms with Crippen molar-refractivity contribution in [2.45, 2.75) is 19.6 Å². The average Bonchev–Trinajstić information content (AvgIpc) is 2.79. The molecule has 0 bridgehead atoms. The van der Waals surface area contributed by atoms with E-state index in [1.165, 1.54) is 49.4 Å². The number of pyridine rings is 1. The Morgan fingerprint density at radius 1 is 0.742 bits per heavy atom. The third-order valence-electron chi connectivity index (χ3n) is 6.34. The number of fused-ring (bicyclic) bond motifs is 4. The van der Waals surface area contributed by atoms with Crippen molar-refractivity contribution in [1.82, 2.24) is 4.98 Å². The predicted molar refractivity (Wildman–Crippen MR) is 136 cm³/mol. The van der Waals surface area contributed by atoms with Gasteiger partial charge in [0, 0.05) is 28.2 Å². The number of nitrogens with zero attached hydrogens (tertiary/aromatic N) is 2. The summed E-state index contributed by atoms with van der Waals surface area (Å²) < 4.78 is 0. The normalized spacial score (nSPS) is 12.9. The van der Waals surface area contributed by atoms with Crippen molar-refractivity contribution in [2.24, 2.45) is 0 Å². The highest BCUT2D eigenvalue weighted by Gasteiger charge is 2.30. The molecule has 1 aromatic heterocycles. The number of benzene rings is 4. The van der Waals surface area contributed by atoms with Crippen LogP contribution in [0.25, 0.3) is 32.8 Å². The molecule has 0 aliphatic carbocycles. The van der Waals surface area contributed by atoms with Crippen molar-refractivity contribution >= 4 is 51.9 Å². The van der Waals surface area contributed by atoms with E-state index >= 15 is 0 Å². The monoisotopic (exact) mass is 416 g/mol. The first-order chi connectivity index (χ1) is 15.0. The fourth-order valence-corrected chi connectivity index (χ4v) is 5.92. The molecule has 150 valence electrons. The van der Waals surface area contributed by atoms with Crippen LogP contribution in [0.5, 0.6) is 0 Å². The largest absolute Gasteiger partial charge is 0.308 e. The lowest BCUT2D eigenvalue weighted by Crippen LogP contribution is -2.38. The van der Waals surface area contributed by atoms with E-state index < -0.39 is 8.07 Å². The first-order valence-electron chi connectivity index (χ1n) is 10.8. The first-order valence-corrected chi connectivity index (χ1v) is 14.3. The van der Waals surface area contributed by atoms with Crippen LogP contribution in [0.4, 0.5) is 17.1 Å². The molecule has 1 aliphatic heterocycles. The summed E-state index contributed by atoms with van der Waals surface area (Å²) in [4.78, 5) is 7.35. The zero-order valence-corrected chi connectivity index (χ0v) is 19.1. The molecule has 0 saturated heterocycles. The van der Waals surface area contributed by atoms with Crippen molar-refractivity contribution in [3.63, 3.8) is 0 Å². The van der Waals surface area contributed by atoms with E-state index in [0.717, 1.165) is 5.69 Å². The van der Waals surface area contributed by atoms with Gasteiger partial charge in [0.2, 0.25) is 0 Å². The molecule has 0 fully saturated rings. The van der Waals surface area contributed by atoms with Crippen LogP contribution in [-0.4, -0.2) is 13.1 Å². The lowest BCUT2D eigenvalue weighted by atomic mass is 9.92. The van der Waals surface area contributed by atoms with Crippen LogP contribution < -0.4 is 10.1 Å². The maximum atomic E-state index is 4.89. The number of para-hydroxylation sites is 1. The Morgan fingerprint density at radius 2 is 1.52 bits per heavy atom. The van der Waals surface area contributed by atoms with Gasteiger partial charge in [-0.25, -0.2) is 0 Å². The maximum absolute atomic E-state index is 4.89. The Morgan fingerprint density at radius 3 is 2.32 bits per heavy atom.